The Balaban J connectivity index is 2.93. The predicted octanol–water partition coefficient (Wildman–Crippen LogP) is 2.31. The first kappa shape index (κ1) is 15.7. The Hall–Kier alpha value is -2.35. The summed E-state index contributed by atoms with van der Waals surface area (Å²) in [5, 5.41) is 0. The van der Waals surface area contributed by atoms with Gasteiger partial charge >= 0.3 is 11.9 Å². The molecular weight excluding hydrogens is 263 g/mol. The van der Waals surface area contributed by atoms with Crippen molar-refractivity contribution in [3.8, 4) is 11.8 Å². The van der Waals surface area contributed by atoms with Gasteiger partial charge < -0.3 is 9.47 Å². The van der Waals surface area contributed by atoms with E-state index in [0.717, 1.165) is 12.1 Å². The van der Waals surface area contributed by atoms with Crippen LogP contribution in [-0.2, 0) is 14.3 Å². The molecule has 0 saturated heterocycles. The van der Waals surface area contributed by atoms with Gasteiger partial charge in [-0.1, -0.05) is 11.8 Å². The van der Waals surface area contributed by atoms with Crippen LogP contribution in [0.15, 0.2) is 18.2 Å². The highest BCUT2D eigenvalue weighted by Crippen LogP contribution is 2.12. The van der Waals surface area contributed by atoms with Crippen molar-refractivity contribution in [1.82, 2.24) is 0 Å². The molecular formula is C15H15FO4. The second kappa shape index (κ2) is 7.95. The smallest absolute Gasteiger partial charge is 0.339 e. The number of carbonyl (C=O) groups excluding carboxylic acids is 2. The Morgan fingerprint density at radius 2 is 1.90 bits per heavy atom. The number of hydrogen-bond donors (Lipinski definition) is 0. The molecule has 0 radical (unpaired) electrons. The van der Waals surface area contributed by atoms with Crippen LogP contribution in [0.2, 0.25) is 0 Å². The van der Waals surface area contributed by atoms with Gasteiger partial charge in [-0.3, -0.25) is 4.79 Å². The van der Waals surface area contributed by atoms with Crippen LogP contribution < -0.4 is 0 Å². The molecule has 0 N–H and O–H groups in total. The van der Waals surface area contributed by atoms with Crippen molar-refractivity contribution in [3.63, 3.8) is 0 Å². The Morgan fingerprint density at radius 3 is 2.55 bits per heavy atom. The fourth-order valence-corrected chi connectivity index (χ4v) is 1.43. The van der Waals surface area contributed by atoms with E-state index >= 15 is 0 Å². The summed E-state index contributed by atoms with van der Waals surface area (Å²) in [6, 6.07) is 3.59. The summed E-state index contributed by atoms with van der Waals surface area (Å²) in [6.45, 7) is 3.85. The van der Waals surface area contributed by atoms with Crippen molar-refractivity contribution in [2.45, 2.75) is 20.3 Å². The van der Waals surface area contributed by atoms with Gasteiger partial charge in [0.2, 0.25) is 0 Å². The summed E-state index contributed by atoms with van der Waals surface area (Å²) in [7, 11) is 0. The number of esters is 2. The number of halogens is 1. The highest BCUT2D eigenvalue weighted by molar-refractivity contribution is 5.92. The summed E-state index contributed by atoms with van der Waals surface area (Å²) in [4.78, 5) is 22.8. The minimum Gasteiger partial charge on any atom is -0.465 e. The lowest BCUT2D eigenvalue weighted by Crippen LogP contribution is -2.07. The Kier molecular flexibility index (Phi) is 6.24. The molecule has 5 heteroatoms. The first-order valence-corrected chi connectivity index (χ1v) is 6.19. The molecule has 0 aromatic heterocycles. The maximum Gasteiger partial charge on any atom is 0.339 e. The molecule has 4 nitrogen and oxygen atoms in total. The van der Waals surface area contributed by atoms with Gasteiger partial charge in [0.1, 0.15) is 12.2 Å². The van der Waals surface area contributed by atoms with Gasteiger partial charge in [0.25, 0.3) is 0 Å². The minimum atomic E-state index is -0.576. The van der Waals surface area contributed by atoms with E-state index in [1.165, 1.54) is 6.07 Å². The summed E-state index contributed by atoms with van der Waals surface area (Å²) < 4.78 is 22.8. The molecule has 0 unspecified atom stereocenters. The molecule has 0 heterocycles. The van der Waals surface area contributed by atoms with Crippen molar-refractivity contribution in [1.29, 1.82) is 0 Å². The topological polar surface area (TPSA) is 52.6 Å². The van der Waals surface area contributed by atoms with Crippen molar-refractivity contribution in [3.05, 3.63) is 35.1 Å². The first-order valence-electron chi connectivity index (χ1n) is 6.19. The third-order valence-electron chi connectivity index (χ3n) is 2.24. The largest absolute Gasteiger partial charge is 0.465 e. The lowest BCUT2D eigenvalue weighted by Gasteiger charge is -2.04. The van der Waals surface area contributed by atoms with E-state index in [1.807, 2.05) is 0 Å². The van der Waals surface area contributed by atoms with Gasteiger partial charge in [0, 0.05) is 5.56 Å². The molecule has 20 heavy (non-hydrogen) atoms. The molecule has 0 bridgehead atoms. The number of ether oxygens (including phenoxy) is 2. The van der Waals surface area contributed by atoms with E-state index in [0.29, 0.717) is 0 Å². The third-order valence-corrected chi connectivity index (χ3v) is 2.24. The van der Waals surface area contributed by atoms with Crippen LogP contribution in [0.5, 0.6) is 0 Å². The zero-order valence-electron chi connectivity index (χ0n) is 11.4. The van der Waals surface area contributed by atoms with Gasteiger partial charge in [0.05, 0.1) is 18.8 Å². The van der Waals surface area contributed by atoms with Crippen LogP contribution in [-0.4, -0.2) is 25.2 Å². The van der Waals surface area contributed by atoms with Crippen LogP contribution >= 0.6 is 0 Å². The third kappa shape index (κ3) is 4.73. The van der Waals surface area contributed by atoms with E-state index < -0.39 is 17.8 Å². The average Bonchev–Trinajstić information content (AvgIpc) is 2.39. The molecule has 0 spiro atoms. The molecule has 0 amide bonds. The Morgan fingerprint density at radius 1 is 1.20 bits per heavy atom. The van der Waals surface area contributed by atoms with Gasteiger partial charge in [-0.15, -0.1) is 0 Å². The second-order valence-electron chi connectivity index (χ2n) is 3.69. The second-order valence-corrected chi connectivity index (χ2v) is 3.69. The molecule has 0 atom stereocenters. The van der Waals surface area contributed by atoms with Crippen LogP contribution in [0.4, 0.5) is 4.39 Å². The highest BCUT2D eigenvalue weighted by atomic mass is 19.1. The summed E-state index contributed by atoms with van der Waals surface area (Å²) >= 11 is 0. The normalized spacial score (nSPS) is 9.35. The maximum absolute atomic E-state index is 13.2. The van der Waals surface area contributed by atoms with Crippen LogP contribution in [0.1, 0.15) is 36.2 Å². The lowest BCUT2D eigenvalue weighted by molar-refractivity contribution is -0.141. The van der Waals surface area contributed by atoms with Crippen molar-refractivity contribution >= 4 is 11.9 Å². The van der Waals surface area contributed by atoms with Gasteiger partial charge in [0.15, 0.2) is 0 Å². The molecule has 0 aliphatic rings. The fourth-order valence-electron chi connectivity index (χ4n) is 1.43. The lowest BCUT2D eigenvalue weighted by atomic mass is 10.1. The number of benzene rings is 1. The molecule has 0 aliphatic carbocycles. The van der Waals surface area contributed by atoms with E-state index in [2.05, 4.69) is 11.8 Å². The summed E-state index contributed by atoms with van der Waals surface area (Å²) in [6.07, 6.45) is -0.118. The van der Waals surface area contributed by atoms with Crippen molar-refractivity contribution < 1.29 is 23.5 Å². The first-order chi connectivity index (χ1) is 9.58. The molecule has 0 aliphatic heterocycles. The maximum atomic E-state index is 13.2. The standard InChI is InChI=1S/C15H15FO4/c1-3-19-14(17)7-5-6-11-10-12(16)8-9-13(11)15(18)20-4-2/h8-10H,3-4,7H2,1-2H3. The molecule has 1 aromatic rings. The van der Waals surface area contributed by atoms with E-state index in [1.54, 1.807) is 13.8 Å². The zero-order chi connectivity index (χ0) is 15.0. The monoisotopic (exact) mass is 278 g/mol. The van der Waals surface area contributed by atoms with Gasteiger partial charge in [-0.05, 0) is 32.0 Å². The van der Waals surface area contributed by atoms with E-state index in [4.69, 9.17) is 9.47 Å². The Labute approximate surface area is 116 Å². The molecule has 1 rings (SSSR count). The van der Waals surface area contributed by atoms with Crippen LogP contribution in [0, 0.1) is 17.7 Å². The number of rotatable bonds is 4. The van der Waals surface area contributed by atoms with Crippen molar-refractivity contribution in [2.75, 3.05) is 13.2 Å². The van der Waals surface area contributed by atoms with E-state index in [9.17, 15) is 14.0 Å². The minimum absolute atomic E-state index is 0.118. The van der Waals surface area contributed by atoms with Gasteiger partial charge in [-0.25, -0.2) is 9.18 Å². The number of carbonyl (C=O) groups is 2. The fraction of sp³-hybridized carbons (Fsp3) is 0.333. The average molecular weight is 278 g/mol. The highest BCUT2D eigenvalue weighted by Gasteiger charge is 2.12. The number of hydrogen-bond acceptors (Lipinski definition) is 4. The Bertz CT molecular complexity index is 555. The summed E-state index contributed by atoms with van der Waals surface area (Å²) in [5.74, 6) is 3.59. The van der Waals surface area contributed by atoms with Crippen LogP contribution in [0.3, 0.4) is 0 Å². The van der Waals surface area contributed by atoms with Gasteiger partial charge in [-0.2, -0.15) is 0 Å². The van der Waals surface area contributed by atoms with E-state index in [-0.39, 0.29) is 30.8 Å². The molecule has 0 fully saturated rings. The zero-order valence-corrected chi connectivity index (χ0v) is 11.4. The van der Waals surface area contributed by atoms with Crippen molar-refractivity contribution in [2.24, 2.45) is 0 Å². The summed E-state index contributed by atoms with van der Waals surface area (Å²) in [5.41, 5.74) is 0.359. The quantitative estimate of drug-likeness (QED) is 0.626. The van der Waals surface area contributed by atoms with Crippen LogP contribution in [0.25, 0.3) is 0 Å². The predicted molar refractivity (Wildman–Crippen MR) is 70.5 cm³/mol. The molecule has 106 valence electrons. The molecule has 0 saturated carbocycles. The molecule has 1 aromatic carbocycles. The SMILES string of the molecule is CCOC(=O)CC#Cc1cc(F)ccc1C(=O)OCC.